The first-order chi connectivity index (χ1) is 10.9. The number of benzene rings is 1. The van der Waals surface area contributed by atoms with Crippen molar-refractivity contribution in [3.63, 3.8) is 0 Å². The van der Waals surface area contributed by atoms with E-state index in [1.807, 2.05) is 48.5 Å². The third kappa shape index (κ3) is 3.80. The summed E-state index contributed by atoms with van der Waals surface area (Å²) in [5, 5.41) is 6.42. The van der Waals surface area contributed by atoms with Crippen LogP contribution in [-0.4, -0.2) is 17.3 Å². The number of oxime groups is 1. The second kappa shape index (κ2) is 7.52. The van der Waals surface area contributed by atoms with Gasteiger partial charge in [0, 0.05) is 34.8 Å². The number of pyridine rings is 1. The Kier molecular flexibility index (Phi) is 4.95. The first kappa shape index (κ1) is 14.5. The Morgan fingerprint density at radius 3 is 2.59 bits per heavy atom. The lowest BCUT2D eigenvalue weighted by Gasteiger charge is -2.07. The molecule has 4 heteroatoms. The average molecular weight is 308 g/mol. The summed E-state index contributed by atoms with van der Waals surface area (Å²) in [7, 11) is 0. The standard InChI is InChI=1S/C18H16N2OS/c1-2-6-15(7-3-1)18(16-8-4-11-19-14-16)20-21-12-10-17-9-5-13-22-17/h1-9,11,13-14H,10,12H2. The van der Waals surface area contributed by atoms with Crippen molar-refractivity contribution < 1.29 is 4.84 Å². The third-order valence-electron chi connectivity index (χ3n) is 3.16. The van der Waals surface area contributed by atoms with Gasteiger partial charge in [-0.15, -0.1) is 11.3 Å². The summed E-state index contributed by atoms with van der Waals surface area (Å²) in [5.41, 5.74) is 2.77. The van der Waals surface area contributed by atoms with E-state index in [4.69, 9.17) is 4.84 Å². The molecule has 1 aromatic carbocycles. The van der Waals surface area contributed by atoms with Gasteiger partial charge in [-0.05, 0) is 23.6 Å². The molecule has 0 N–H and O–H groups in total. The summed E-state index contributed by atoms with van der Waals surface area (Å²) in [6, 6.07) is 18.1. The first-order valence-electron chi connectivity index (χ1n) is 7.11. The number of hydrogen-bond donors (Lipinski definition) is 0. The summed E-state index contributed by atoms with van der Waals surface area (Å²) < 4.78 is 0. The maximum atomic E-state index is 5.54. The van der Waals surface area contributed by atoms with Gasteiger partial charge in [-0.3, -0.25) is 4.98 Å². The second-order valence-electron chi connectivity index (χ2n) is 4.71. The SMILES string of the molecule is c1ccc(C(=NOCCc2cccs2)c2cccnc2)cc1. The van der Waals surface area contributed by atoms with E-state index < -0.39 is 0 Å². The smallest absolute Gasteiger partial charge is 0.122 e. The van der Waals surface area contributed by atoms with E-state index in [1.165, 1.54) is 4.88 Å². The number of aromatic nitrogens is 1. The van der Waals surface area contributed by atoms with Gasteiger partial charge in [0.15, 0.2) is 0 Å². The number of thiophene rings is 1. The Bertz CT molecular complexity index is 668. The second-order valence-corrected chi connectivity index (χ2v) is 5.74. The minimum Gasteiger partial charge on any atom is -0.395 e. The van der Waals surface area contributed by atoms with E-state index in [2.05, 4.69) is 21.6 Å². The van der Waals surface area contributed by atoms with Gasteiger partial charge in [0.1, 0.15) is 12.3 Å². The minimum absolute atomic E-state index is 0.567. The highest BCUT2D eigenvalue weighted by molar-refractivity contribution is 7.09. The van der Waals surface area contributed by atoms with E-state index in [0.29, 0.717) is 6.61 Å². The van der Waals surface area contributed by atoms with Gasteiger partial charge in [0.2, 0.25) is 0 Å². The molecular weight excluding hydrogens is 292 g/mol. The number of hydrogen-bond acceptors (Lipinski definition) is 4. The fourth-order valence-corrected chi connectivity index (χ4v) is 2.77. The van der Waals surface area contributed by atoms with Crippen molar-refractivity contribution in [2.24, 2.45) is 5.16 Å². The lowest BCUT2D eigenvalue weighted by Crippen LogP contribution is -2.05. The van der Waals surface area contributed by atoms with Gasteiger partial charge >= 0.3 is 0 Å². The van der Waals surface area contributed by atoms with E-state index in [0.717, 1.165) is 23.3 Å². The van der Waals surface area contributed by atoms with E-state index in [-0.39, 0.29) is 0 Å². The summed E-state index contributed by atoms with van der Waals surface area (Å²) in [4.78, 5) is 11.0. The quantitative estimate of drug-likeness (QED) is 0.389. The van der Waals surface area contributed by atoms with Gasteiger partial charge in [-0.1, -0.05) is 41.6 Å². The van der Waals surface area contributed by atoms with E-state index in [1.54, 1.807) is 23.7 Å². The molecule has 3 aromatic rings. The van der Waals surface area contributed by atoms with Crippen molar-refractivity contribution in [3.05, 3.63) is 88.4 Å². The van der Waals surface area contributed by atoms with Crippen LogP contribution in [0.2, 0.25) is 0 Å². The van der Waals surface area contributed by atoms with Crippen LogP contribution in [0.15, 0.2) is 77.5 Å². The molecule has 0 radical (unpaired) electrons. The van der Waals surface area contributed by atoms with Crippen LogP contribution < -0.4 is 0 Å². The van der Waals surface area contributed by atoms with Crippen LogP contribution in [0.25, 0.3) is 0 Å². The molecule has 3 nitrogen and oxygen atoms in total. The molecule has 110 valence electrons. The molecule has 0 aliphatic rings. The molecule has 0 aliphatic heterocycles. The normalized spacial score (nSPS) is 11.4. The molecule has 0 fully saturated rings. The zero-order chi connectivity index (χ0) is 15.0. The van der Waals surface area contributed by atoms with Crippen molar-refractivity contribution in [3.8, 4) is 0 Å². The lowest BCUT2D eigenvalue weighted by atomic mass is 10.0. The van der Waals surface area contributed by atoms with Crippen molar-refractivity contribution in [1.29, 1.82) is 0 Å². The first-order valence-corrected chi connectivity index (χ1v) is 7.99. The van der Waals surface area contributed by atoms with Crippen LogP contribution in [0.4, 0.5) is 0 Å². The Morgan fingerprint density at radius 2 is 1.86 bits per heavy atom. The van der Waals surface area contributed by atoms with E-state index in [9.17, 15) is 0 Å². The molecule has 0 unspecified atom stereocenters. The van der Waals surface area contributed by atoms with Crippen molar-refractivity contribution in [1.82, 2.24) is 4.98 Å². The number of rotatable bonds is 6. The highest BCUT2D eigenvalue weighted by Gasteiger charge is 2.07. The molecule has 0 amide bonds. The maximum absolute atomic E-state index is 5.54. The van der Waals surface area contributed by atoms with Gasteiger partial charge in [0.25, 0.3) is 0 Å². The molecule has 0 aliphatic carbocycles. The van der Waals surface area contributed by atoms with Crippen LogP contribution in [0, 0.1) is 0 Å². The summed E-state index contributed by atoms with van der Waals surface area (Å²) in [5.74, 6) is 0. The third-order valence-corrected chi connectivity index (χ3v) is 4.09. The van der Waals surface area contributed by atoms with Crippen LogP contribution in [0.5, 0.6) is 0 Å². The van der Waals surface area contributed by atoms with Crippen LogP contribution in [0.3, 0.4) is 0 Å². The summed E-state index contributed by atoms with van der Waals surface area (Å²) in [6.07, 6.45) is 4.43. The molecule has 2 aromatic heterocycles. The Hall–Kier alpha value is -2.46. The topological polar surface area (TPSA) is 34.5 Å². The molecule has 0 spiro atoms. The lowest BCUT2D eigenvalue weighted by molar-refractivity contribution is 0.148. The van der Waals surface area contributed by atoms with Crippen LogP contribution in [0.1, 0.15) is 16.0 Å². The molecule has 22 heavy (non-hydrogen) atoms. The Balaban J connectivity index is 1.75. The Labute approximate surface area is 133 Å². The highest BCUT2D eigenvalue weighted by Crippen LogP contribution is 2.12. The zero-order valence-corrected chi connectivity index (χ0v) is 12.9. The zero-order valence-electron chi connectivity index (χ0n) is 12.1. The number of nitrogens with zero attached hydrogens (tertiary/aromatic N) is 2. The van der Waals surface area contributed by atoms with Crippen molar-refractivity contribution >= 4 is 17.0 Å². The molecule has 0 saturated heterocycles. The van der Waals surface area contributed by atoms with Gasteiger partial charge in [0.05, 0.1) is 0 Å². The largest absolute Gasteiger partial charge is 0.395 e. The molecule has 0 atom stereocenters. The van der Waals surface area contributed by atoms with Crippen molar-refractivity contribution in [2.45, 2.75) is 6.42 Å². The fraction of sp³-hybridized carbons (Fsp3) is 0.111. The van der Waals surface area contributed by atoms with Gasteiger partial charge in [-0.2, -0.15) is 0 Å². The average Bonchev–Trinajstić information content (AvgIpc) is 3.10. The van der Waals surface area contributed by atoms with Crippen LogP contribution >= 0.6 is 11.3 Å². The maximum Gasteiger partial charge on any atom is 0.122 e. The summed E-state index contributed by atoms with van der Waals surface area (Å²) in [6.45, 7) is 0.567. The minimum atomic E-state index is 0.567. The summed E-state index contributed by atoms with van der Waals surface area (Å²) >= 11 is 1.74. The molecule has 0 saturated carbocycles. The molecule has 0 bridgehead atoms. The Morgan fingerprint density at radius 1 is 1.00 bits per heavy atom. The van der Waals surface area contributed by atoms with Gasteiger partial charge < -0.3 is 4.84 Å². The molecule has 3 rings (SSSR count). The van der Waals surface area contributed by atoms with E-state index >= 15 is 0 Å². The van der Waals surface area contributed by atoms with Gasteiger partial charge in [-0.25, -0.2) is 0 Å². The van der Waals surface area contributed by atoms with Crippen molar-refractivity contribution in [2.75, 3.05) is 6.61 Å². The fourth-order valence-electron chi connectivity index (χ4n) is 2.08. The molecule has 2 heterocycles. The predicted octanol–water partition coefficient (Wildman–Crippen LogP) is 4.15. The predicted molar refractivity (Wildman–Crippen MR) is 90.3 cm³/mol. The molecular formula is C18H16N2OS. The monoisotopic (exact) mass is 308 g/mol. The van der Waals surface area contributed by atoms with Crippen LogP contribution in [-0.2, 0) is 11.3 Å². The highest BCUT2D eigenvalue weighted by atomic mass is 32.1.